The molecule has 0 atom stereocenters. The molecule has 4 rings (SSSR count). The van der Waals surface area contributed by atoms with Crippen LogP contribution in [-0.4, -0.2) is 36.4 Å². The maximum absolute atomic E-state index is 12.4. The zero-order chi connectivity index (χ0) is 23.0. The van der Waals surface area contributed by atoms with E-state index in [0.717, 1.165) is 16.8 Å². The highest BCUT2D eigenvalue weighted by Crippen LogP contribution is 2.37. The van der Waals surface area contributed by atoms with Gasteiger partial charge in [0.2, 0.25) is 5.91 Å². The van der Waals surface area contributed by atoms with Gasteiger partial charge in [-0.15, -0.1) is 16.4 Å². The average molecular weight is 471 g/mol. The van der Waals surface area contributed by atoms with Crippen LogP contribution < -0.4 is 4.90 Å². The molecule has 0 aliphatic rings. The lowest BCUT2D eigenvalue weighted by molar-refractivity contribution is -0.115. The Morgan fingerprint density at radius 1 is 1.22 bits per heavy atom. The number of aromatic nitrogens is 5. The molecule has 3 aromatic heterocycles. The van der Waals surface area contributed by atoms with Gasteiger partial charge in [0.15, 0.2) is 5.13 Å². The molecule has 0 fully saturated rings. The first kappa shape index (κ1) is 21.8. The lowest BCUT2D eigenvalue weighted by Gasteiger charge is -2.22. The van der Waals surface area contributed by atoms with Gasteiger partial charge >= 0.3 is 5.97 Å². The number of carbonyl (C=O) groups is 2. The summed E-state index contributed by atoms with van der Waals surface area (Å²) in [7, 11) is 0. The predicted octanol–water partition coefficient (Wildman–Crippen LogP) is 4.20. The van der Waals surface area contributed by atoms with Gasteiger partial charge in [0.05, 0.1) is 16.4 Å². The van der Waals surface area contributed by atoms with Crippen LogP contribution in [0.5, 0.6) is 0 Å². The highest BCUT2D eigenvalue weighted by atomic mass is 35.5. The summed E-state index contributed by atoms with van der Waals surface area (Å²) in [5.74, 6) is -0.691. The Morgan fingerprint density at radius 3 is 2.69 bits per heavy atom. The molecule has 1 amide bonds. The third kappa shape index (κ3) is 4.19. The molecular weight excluding hydrogens is 452 g/mol. The molecule has 11 heteroatoms. The number of aryl methyl sites for hydroxylation is 3. The molecule has 164 valence electrons. The van der Waals surface area contributed by atoms with Crippen molar-refractivity contribution in [2.24, 2.45) is 0 Å². The van der Waals surface area contributed by atoms with E-state index >= 15 is 0 Å². The van der Waals surface area contributed by atoms with Crippen LogP contribution in [0.1, 0.15) is 40.1 Å². The number of amides is 1. The maximum atomic E-state index is 12.4. The van der Waals surface area contributed by atoms with Crippen molar-refractivity contribution in [3.05, 3.63) is 63.1 Å². The van der Waals surface area contributed by atoms with Crippen LogP contribution in [0, 0.1) is 20.8 Å². The van der Waals surface area contributed by atoms with Gasteiger partial charge in [-0.05, 0) is 44.0 Å². The van der Waals surface area contributed by atoms with Crippen LogP contribution in [0.2, 0.25) is 5.02 Å². The first-order chi connectivity index (χ1) is 15.2. The Kier molecular flexibility index (Phi) is 5.90. The van der Waals surface area contributed by atoms with Gasteiger partial charge in [-0.3, -0.25) is 9.69 Å². The van der Waals surface area contributed by atoms with E-state index in [-0.39, 0.29) is 18.3 Å². The van der Waals surface area contributed by atoms with Crippen molar-refractivity contribution in [2.45, 2.75) is 34.3 Å². The number of benzene rings is 1. The number of hydrogen-bond donors (Lipinski definition) is 0. The zero-order valence-corrected chi connectivity index (χ0v) is 19.4. The number of esters is 1. The number of carbonyl (C=O) groups excluding carboxylic acids is 2. The van der Waals surface area contributed by atoms with Crippen molar-refractivity contribution >= 4 is 51.4 Å². The molecule has 0 spiro atoms. The fourth-order valence-electron chi connectivity index (χ4n) is 3.24. The molecule has 9 nitrogen and oxygen atoms in total. The molecule has 0 bridgehead atoms. The van der Waals surface area contributed by atoms with Crippen LogP contribution in [0.4, 0.5) is 10.8 Å². The molecule has 0 unspecified atom stereocenters. The van der Waals surface area contributed by atoms with Crippen molar-refractivity contribution in [2.75, 3.05) is 4.90 Å². The van der Waals surface area contributed by atoms with E-state index in [2.05, 4.69) is 20.1 Å². The van der Waals surface area contributed by atoms with Crippen molar-refractivity contribution in [3.8, 4) is 0 Å². The summed E-state index contributed by atoms with van der Waals surface area (Å²) in [6.07, 6.45) is 1.59. The third-order valence-electron chi connectivity index (χ3n) is 4.63. The summed E-state index contributed by atoms with van der Waals surface area (Å²) in [5, 5.41) is 6.75. The van der Waals surface area contributed by atoms with Crippen molar-refractivity contribution in [1.29, 1.82) is 0 Å². The van der Waals surface area contributed by atoms with Gasteiger partial charge < -0.3 is 4.74 Å². The van der Waals surface area contributed by atoms with Gasteiger partial charge in [-0.1, -0.05) is 17.7 Å². The maximum Gasteiger partial charge on any atom is 0.378 e. The molecule has 4 aromatic rings. The first-order valence-electron chi connectivity index (χ1n) is 9.62. The van der Waals surface area contributed by atoms with Crippen molar-refractivity contribution < 1.29 is 14.3 Å². The van der Waals surface area contributed by atoms with E-state index in [1.807, 2.05) is 26.8 Å². The van der Waals surface area contributed by atoms with Crippen molar-refractivity contribution in [1.82, 2.24) is 24.6 Å². The summed E-state index contributed by atoms with van der Waals surface area (Å²) in [6.45, 7) is 7.01. The third-order valence-corrected chi connectivity index (χ3v) is 5.79. The summed E-state index contributed by atoms with van der Waals surface area (Å²) >= 11 is 7.69. The summed E-state index contributed by atoms with van der Waals surface area (Å²) < 4.78 is 6.78. The van der Waals surface area contributed by atoms with Crippen LogP contribution >= 0.6 is 22.9 Å². The number of fused-ring (bicyclic) bond motifs is 1. The van der Waals surface area contributed by atoms with E-state index < -0.39 is 5.97 Å². The minimum atomic E-state index is -0.690. The average Bonchev–Trinajstić information content (AvgIpc) is 3.36. The monoisotopic (exact) mass is 470 g/mol. The number of anilines is 2. The van der Waals surface area contributed by atoms with E-state index in [4.69, 9.17) is 16.3 Å². The highest BCUT2D eigenvalue weighted by Gasteiger charge is 2.23. The Morgan fingerprint density at radius 2 is 2.00 bits per heavy atom. The van der Waals surface area contributed by atoms with E-state index in [1.165, 1.54) is 27.7 Å². The molecule has 0 N–H and O–H groups in total. The van der Waals surface area contributed by atoms with Gasteiger partial charge in [0.1, 0.15) is 6.61 Å². The first-order valence-corrected chi connectivity index (χ1v) is 10.9. The van der Waals surface area contributed by atoms with E-state index in [1.54, 1.807) is 23.7 Å². The van der Waals surface area contributed by atoms with Crippen LogP contribution in [0.25, 0.3) is 5.78 Å². The molecule has 0 saturated carbocycles. The standard InChI is InChI=1S/C21H19ClN6O3S/c1-11-7-12(2)17(16(22)8-11)27(14(4)29)21-24-15(10-32-21)9-31-19(30)18-25-20-23-6-5-13(3)28(20)26-18/h5-8,10H,9H2,1-4H3. The fourth-order valence-corrected chi connectivity index (χ4v) is 4.50. The quantitative estimate of drug-likeness (QED) is 0.402. The normalized spacial score (nSPS) is 11.0. The Hall–Kier alpha value is -3.37. The molecule has 3 heterocycles. The number of hydrogen-bond acceptors (Lipinski definition) is 8. The second-order valence-electron chi connectivity index (χ2n) is 7.20. The number of thiazole rings is 1. The lowest BCUT2D eigenvalue weighted by atomic mass is 10.1. The SMILES string of the molecule is CC(=O)N(c1nc(COC(=O)c2nc3nccc(C)n3n2)cs1)c1c(C)cc(C)cc1Cl. The Balaban J connectivity index is 1.53. The van der Waals surface area contributed by atoms with Gasteiger partial charge in [-0.2, -0.15) is 4.98 Å². The number of ether oxygens (including phenoxy) is 1. The number of nitrogens with zero attached hydrogens (tertiary/aromatic N) is 6. The molecule has 0 radical (unpaired) electrons. The Labute approximate surface area is 192 Å². The molecule has 0 saturated heterocycles. The van der Waals surface area contributed by atoms with Crippen LogP contribution in [0.15, 0.2) is 29.8 Å². The van der Waals surface area contributed by atoms with Gasteiger partial charge in [0, 0.05) is 24.2 Å². The zero-order valence-electron chi connectivity index (χ0n) is 17.8. The van der Waals surface area contributed by atoms with Gasteiger partial charge in [0.25, 0.3) is 11.6 Å². The minimum Gasteiger partial charge on any atom is -0.453 e. The summed E-state index contributed by atoms with van der Waals surface area (Å²) in [4.78, 5) is 38.9. The van der Waals surface area contributed by atoms with E-state index in [9.17, 15) is 9.59 Å². The van der Waals surface area contributed by atoms with E-state index in [0.29, 0.717) is 27.3 Å². The summed E-state index contributed by atoms with van der Waals surface area (Å²) in [6, 6.07) is 5.51. The summed E-state index contributed by atoms with van der Waals surface area (Å²) in [5.41, 5.74) is 3.72. The molecule has 0 aliphatic carbocycles. The minimum absolute atomic E-state index is 0.0883. The molecule has 0 aliphatic heterocycles. The Bertz CT molecular complexity index is 1330. The highest BCUT2D eigenvalue weighted by molar-refractivity contribution is 7.14. The number of rotatable bonds is 5. The molecule has 1 aromatic carbocycles. The largest absolute Gasteiger partial charge is 0.453 e. The lowest BCUT2D eigenvalue weighted by Crippen LogP contribution is -2.24. The van der Waals surface area contributed by atoms with Gasteiger partial charge in [-0.25, -0.2) is 19.3 Å². The second kappa shape index (κ2) is 8.64. The molecular formula is C21H19ClN6O3S. The molecule has 32 heavy (non-hydrogen) atoms. The van der Waals surface area contributed by atoms with Crippen LogP contribution in [-0.2, 0) is 16.1 Å². The second-order valence-corrected chi connectivity index (χ2v) is 8.44. The van der Waals surface area contributed by atoms with Crippen LogP contribution in [0.3, 0.4) is 0 Å². The topological polar surface area (TPSA) is 103 Å². The number of halogens is 1. The smallest absolute Gasteiger partial charge is 0.378 e. The van der Waals surface area contributed by atoms with Crippen molar-refractivity contribution in [3.63, 3.8) is 0 Å². The fraction of sp³-hybridized carbons (Fsp3) is 0.238. The predicted molar refractivity (Wildman–Crippen MR) is 120 cm³/mol.